The van der Waals surface area contributed by atoms with Gasteiger partial charge in [0, 0.05) is 24.0 Å². The van der Waals surface area contributed by atoms with E-state index in [0.29, 0.717) is 5.82 Å². The molecule has 0 radical (unpaired) electrons. The Hall–Kier alpha value is -2.41. The van der Waals surface area contributed by atoms with Crippen molar-refractivity contribution in [1.29, 1.82) is 0 Å². The Kier molecular flexibility index (Phi) is 4.04. The molecule has 0 bridgehead atoms. The minimum atomic E-state index is -0.0859. The molecule has 0 aliphatic carbocycles. The molecule has 3 rings (SSSR count). The zero-order chi connectivity index (χ0) is 16.6. The van der Waals surface area contributed by atoms with E-state index in [1.54, 1.807) is 0 Å². The lowest BCUT2D eigenvalue weighted by molar-refractivity contribution is 0.351. The summed E-state index contributed by atoms with van der Waals surface area (Å²) < 4.78 is 0. The van der Waals surface area contributed by atoms with Crippen molar-refractivity contribution in [1.82, 2.24) is 20.7 Å². The highest BCUT2D eigenvalue weighted by molar-refractivity contribution is 6.08. The number of aromatic nitrogens is 1. The van der Waals surface area contributed by atoms with Crippen LogP contribution in [0.1, 0.15) is 38.1 Å². The summed E-state index contributed by atoms with van der Waals surface area (Å²) in [6, 6.07) is 4.11. The summed E-state index contributed by atoms with van der Waals surface area (Å²) in [5.74, 6) is 2.26. The fraction of sp³-hybridized carbons (Fsp3) is 0.438. The van der Waals surface area contributed by atoms with Crippen LogP contribution in [-0.4, -0.2) is 34.3 Å². The highest BCUT2D eigenvalue weighted by Gasteiger charge is 2.32. The number of hydrogen-bond acceptors (Lipinski definition) is 7. The first-order valence-electron chi connectivity index (χ1n) is 7.85. The van der Waals surface area contributed by atoms with Gasteiger partial charge in [-0.2, -0.15) is 0 Å². The van der Waals surface area contributed by atoms with Crippen LogP contribution < -0.4 is 16.6 Å². The van der Waals surface area contributed by atoms with E-state index in [1.807, 2.05) is 32.2 Å². The average Bonchev–Trinajstić information content (AvgIpc) is 2.95. The number of fused-ring (bicyclic) bond motifs is 1. The second-order valence-electron chi connectivity index (χ2n) is 5.79. The lowest BCUT2D eigenvalue weighted by Crippen LogP contribution is -2.42. The number of amidine groups is 2. The van der Waals surface area contributed by atoms with E-state index in [0.717, 1.165) is 35.0 Å². The van der Waals surface area contributed by atoms with Crippen LogP contribution in [-0.2, 0) is 0 Å². The maximum atomic E-state index is 6.14. The molecule has 2 atom stereocenters. The number of pyridine rings is 1. The van der Waals surface area contributed by atoms with E-state index in [1.165, 1.54) is 0 Å². The summed E-state index contributed by atoms with van der Waals surface area (Å²) in [7, 11) is 0. The van der Waals surface area contributed by atoms with Crippen LogP contribution in [0.3, 0.4) is 0 Å². The fourth-order valence-corrected chi connectivity index (χ4v) is 3.02. The first-order chi connectivity index (χ1) is 11.0. The van der Waals surface area contributed by atoms with Gasteiger partial charge in [0.25, 0.3) is 0 Å². The SMILES string of the molecule is CCN(C1=NC(C)=NC2NNC=C12)C(C)c1ccc(C)nc1N. The molecule has 122 valence electrons. The Morgan fingerprint density at radius 3 is 2.83 bits per heavy atom. The van der Waals surface area contributed by atoms with Gasteiger partial charge in [-0.25, -0.2) is 20.4 Å². The molecule has 0 saturated carbocycles. The minimum absolute atomic E-state index is 0.0694. The van der Waals surface area contributed by atoms with Crippen molar-refractivity contribution in [2.24, 2.45) is 9.98 Å². The standard InChI is InChI=1S/C16H23N7/c1-5-23(10(3)12-7-6-9(2)19-14(12)17)16-13-8-18-22-15(13)20-11(4)21-16/h6-8,10,15,18,22H,5H2,1-4H3,(H2,17,19). The highest BCUT2D eigenvalue weighted by Crippen LogP contribution is 2.28. The van der Waals surface area contributed by atoms with Crippen LogP contribution in [0, 0.1) is 6.92 Å². The van der Waals surface area contributed by atoms with Crippen LogP contribution in [0.25, 0.3) is 0 Å². The van der Waals surface area contributed by atoms with E-state index in [4.69, 9.17) is 5.73 Å². The third-order valence-electron chi connectivity index (χ3n) is 4.21. The molecule has 2 unspecified atom stereocenters. The van der Waals surface area contributed by atoms with Crippen molar-refractivity contribution in [3.63, 3.8) is 0 Å². The van der Waals surface area contributed by atoms with Gasteiger partial charge in [-0.05, 0) is 33.8 Å². The Bertz CT molecular complexity index is 704. The van der Waals surface area contributed by atoms with Gasteiger partial charge in [0.05, 0.1) is 11.6 Å². The summed E-state index contributed by atoms with van der Waals surface area (Å²) in [4.78, 5) is 15.8. The first kappa shape index (κ1) is 15.5. The van der Waals surface area contributed by atoms with Gasteiger partial charge < -0.3 is 16.1 Å². The molecule has 3 heterocycles. The van der Waals surface area contributed by atoms with E-state index in [9.17, 15) is 0 Å². The number of anilines is 1. The number of hydrazine groups is 1. The number of aliphatic imine (C=N–C) groups is 2. The third kappa shape index (κ3) is 2.79. The van der Waals surface area contributed by atoms with Gasteiger partial charge in [-0.3, -0.25) is 0 Å². The first-order valence-corrected chi connectivity index (χ1v) is 7.85. The number of nitrogens with zero attached hydrogens (tertiary/aromatic N) is 4. The van der Waals surface area contributed by atoms with Gasteiger partial charge in [-0.1, -0.05) is 6.07 Å². The normalized spacial score (nSPS) is 20.9. The van der Waals surface area contributed by atoms with Crippen molar-refractivity contribution in [2.45, 2.75) is 39.9 Å². The predicted octanol–water partition coefficient (Wildman–Crippen LogP) is 1.50. The zero-order valence-electron chi connectivity index (χ0n) is 14.0. The second-order valence-corrected chi connectivity index (χ2v) is 5.79. The molecule has 0 saturated heterocycles. The summed E-state index contributed by atoms with van der Waals surface area (Å²) in [6.45, 7) is 8.91. The van der Waals surface area contributed by atoms with Crippen LogP contribution in [0.5, 0.6) is 0 Å². The number of rotatable bonds is 3. The number of nitrogen functional groups attached to an aromatic ring is 1. The van der Waals surface area contributed by atoms with Crippen molar-refractivity contribution in [2.75, 3.05) is 12.3 Å². The molecule has 7 nitrogen and oxygen atoms in total. The number of nitrogens with one attached hydrogen (secondary N) is 2. The van der Waals surface area contributed by atoms with Crippen LogP contribution >= 0.6 is 0 Å². The molecule has 0 spiro atoms. The van der Waals surface area contributed by atoms with Gasteiger partial charge >= 0.3 is 0 Å². The largest absolute Gasteiger partial charge is 0.383 e. The summed E-state index contributed by atoms with van der Waals surface area (Å²) in [5, 5.41) is 0. The molecule has 1 aromatic heterocycles. The van der Waals surface area contributed by atoms with Crippen molar-refractivity contribution < 1.29 is 0 Å². The minimum Gasteiger partial charge on any atom is -0.383 e. The van der Waals surface area contributed by atoms with Crippen molar-refractivity contribution in [3.8, 4) is 0 Å². The maximum absolute atomic E-state index is 6.14. The third-order valence-corrected chi connectivity index (χ3v) is 4.21. The summed E-state index contributed by atoms with van der Waals surface area (Å²) in [6.07, 6.45) is 1.84. The maximum Gasteiger partial charge on any atom is 0.148 e. The van der Waals surface area contributed by atoms with Crippen LogP contribution in [0.15, 0.2) is 33.9 Å². The summed E-state index contributed by atoms with van der Waals surface area (Å²) >= 11 is 0. The van der Waals surface area contributed by atoms with Gasteiger partial charge in [-0.15, -0.1) is 0 Å². The quantitative estimate of drug-likeness (QED) is 0.787. The topological polar surface area (TPSA) is 90.9 Å². The Labute approximate surface area is 136 Å². The number of likely N-dealkylation sites (N-methyl/N-ethyl adjacent to an activating group) is 1. The van der Waals surface area contributed by atoms with Gasteiger partial charge in [0.1, 0.15) is 23.7 Å². The smallest absolute Gasteiger partial charge is 0.148 e. The number of nitrogens with two attached hydrogens (primary N) is 1. The molecule has 0 amide bonds. The van der Waals surface area contributed by atoms with Gasteiger partial charge in [0.15, 0.2) is 0 Å². The van der Waals surface area contributed by atoms with E-state index < -0.39 is 0 Å². The van der Waals surface area contributed by atoms with Crippen LogP contribution in [0.2, 0.25) is 0 Å². The molecular formula is C16H23N7. The molecule has 2 aliphatic heterocycles. The number of hydrogen-bond donors (Lipinski definition) is 3. The van der Waals surface area contributed by atoms with Gasteiger partial charge in [0.2, 0.25) is 0 Å². The molecular weight excluding hydrogens is 290 g/mol. The lowest BCUT2D eigenvalue weighted by Gasteiger charge is -2.34. The Balaban J connectivity index is 1.97. The van der Waals surface area contributed by atoms with Crippen molar-refractivity contribution >= 4 is 17.5 Å². The molecule has 0 fully saturated rings. The predicted molar refractivity (Wildman–Crippen MR) is 92.9 cm³/mol. The Morgan fingerprint density at radius 1 is 1.35 bits per heavy atom. The highest BCUT2D eigenvalue weighted by atomic mass is 15.4. The average molecular weight is 313 g/mol. The zero-order valence-corrected chi connectivity index (χ0v) is 14.0. The molecule has 2 aliphatic rings. The fourth-order valence-electron chi connectivity index (χ4n) is 3.02. The second kappa shape index (κ2) is 6.00. The van der Waals surface area contributed by atoms with E-state index in [-0.39, 0.29) is 12.2 Å². The van der Waals surface area contributed by atoms with Crippen molar-refractivity contribution in [3.05, 3.63) is 35.2 Å². The molecule has 23 heavy (non-hydrogen) atoms. The summed E-state index contributed by atoms with van der Waals surface area (Å²) in [5.41, 5.74) is 15.3. The molecule has 4 N–H and O–H groups in total. The molecule has 7 heteroatoms. The molecule has 0 aromatic carbocycles. The van der Waals surface area contributed by atoms with Crippen LogP contribution in [0.4, 0.5) is 5.82 Å². The number of aryl methyl sites for hydroxylation is 1. The lowest BCUT2D eigenvalue weighted by atomic mass is 10.0. The molecule has 1 aromatic rings. The monoisotopic (exact) mass is 313 g/mol. The van der Waals surface area contributed by atoms with E-state index >= 15 is 0 Å². The van der Waals surface area contributed by atoms with E-state index in [2.05, 4.69) is 44.6 Å². The Morgan fingerprint density at radius 2 is 2.13 bits per heavy atom.